The van der Waals surface area contributed by atoms with E-state index < -0.39 is 4.92 Å². The lowest BCUT2D eigenvalue weighted by Gasteiger charge is -2.16. The molecule has 1 aromatic carbocycles. The van der Waals surface area contributed by atoms with Crippen LogP contribution in [0.15, 0.2) is 18.2 Å². The summed E-state index contributed by atoms with van der Waals surface area (Å²) in [5.41, 5.74) is 5.36. The highest BCUT2D eigenvalue weighted by Gasteiger charge is 2.16. The Balaban J connectivity index is 2.95. The minimum Gasteiger partial charge on any atom is -0.342 e. The molecule has 0 atom stereocenters. The van der Waals surface area contributed by atoms with Gasteiger partial charge in [0, 0.05) is 36.3 Å². The summed E-state index contributed by atoms with van der Waals surface area (Å²) in [6.45, 7) is 0.975. The molecular formula is C11H14ClN3O3. The lowest BCUT2D eigenvalue weighted by molar-refractivity contribution is -0.384. The predicted octanol–water partition coefficient (Wildman–Crippen LogP) is 1.67. The predicted molar refractivity (Wildman–Crippen MR) is 68.7 cm³/mol. The number of hydrogen-bond acceptors (Lipinski definition) is 4. The first-order chi connectivity index (χ1) is 8.45. The standard InChI is InChI=1S/C11H14ClN3O3/c1-14(4-2-3-13)11(16)8-5-9(12)7-10(6-8)15(17)18/h5-7H,2-4,13H2,1H3. The third-order valence-electron chi connectivity index (χ3n) is 2.38. The van der Waals surface area contributed by atoms with Crippen molar-refractivity contribution in [1.82, 2.24) is 4.90 Å². The number of rotatable bonds is 5. The van der Waals surface area contributed by atoms with Gasteiger partial charge in [0.15, 0.2) is 0 Å². The fourth-order valence-electron chi connectivity index (χ4n) is 1.45. The molecule has 18 heavy (non-hydrogen) atoms. The van der Waals surface area contributed by atoms with Gasteiger partial charge in [0.05, 0.1) is 4.92 Å². The van der Waals surface area contributed by atoms with Crippen LogP contribution >= 0.6 is 11.6 Å². The summed E-state index contributed by atoms with van der Waals surface area (Å²) in [5.74, 6) is -0.311. The molecule has 1 rings (SSSR count). The van der Waals surface area contributed by atoms with Gasteiger partial charge in [-0.3, -0.25) is 14.9 Å². The van der Waals surface area contributed by atoms with Crippen LogP contribution in [-0.2, 0) is 0 Å². The van der Waals surface area contributed by atoms with Crippen molar-refractivity contribution in [3.63, 3.8) is 0 Å². The van der Waals surface area contributed by atoms with Crippen molar-refractivity contribution in [3.05, 3.63) is 38.9 Å². The molecule has 0 radical (unpaired) electrons. The van der Waals surface area contributed by atoms with Gasteiger partial charge in [0.25, 0.3) is 11.6 Å². The number of non-ortho nitro benzene ring substituents is 1. The van der Waals surface area contributed by atoms with Crippen LogP contribution < -0.4 is 5.73 Å². The van der Waals surface area contributed by atoms with Crippen LogP contribution in [0, 0.1) is 10.1 Å². The van der Waals surface area contributed by atoms with Crippen LogP contribution in [0.3, 0.4) is 0 Å². The molecule has 0 fully saturated rings. The normalized spacial score (nSPS) is 10.2. The Morgan fingerprint density at radius 3 is 2.72 bits per heavy atom. The highest BCUT2D eigenvalue weighted by atomic mass is 35.5. The van der Waals surface area contributed by atoms with E-state index in [0.29, 0.717) is 19.5 Å². The average Bonchev–Trinajstić information content (AvgIpc) is 2.34. The first kappa shape index (κ1) is 14.4. The van der Waals surface area contributed by atoms with Crippen LogP contribution in [0.4, 0.5) is 5.69 Å². The number of hydrogen-bond donors (Lipinski definition) is 1. The van der Waals surface area contributed by atoms with Crippen LogP contribution in [0.5, 0.6) is 0 Å². The fraction of sp³-hybridized carbons (Fsp3) is 0.364. The summed E-state index contributed by atoms with van der Waals surface area (Å²) in [6.07, 6.45) is 0.672. The summed E-state index contributed by atoms with van der Waals surface area (Å²) in [5, 5.41) is 10.8. The van der Waals surface area contributed by atoms with E-state index in [2.05, 4.69) is 0 Å². The lowest BCUT2D eigenvalue weighted by atomic mass is 10.1. The topological polar surface area (TPSA) is 89.5 Å². The van der Waals surface area contributed by atoms with E-state index in [1.165, 1.54) is 23.1 Å². The number of benzene rings is 1. The molecular weight excluding hydrogens is 258 g/mol. The molecule has 1 aromatic rings. The minimum atomic E-state index is -0.581. The van der Waals surface area contributed by atoms with Crippen molar-refractivity contribution < 1.29 is 9.72 Å². The molecule has 0 aliphatic carbocycles. The van der Waals surface area contributed by atoms with Crippen LogP contribution in [-0.4, -0.2) is 35.9 Å². The number of halogens is 1. The smallest absolute Gasteiger partial charge is 0.271 e. The second kappa shape index (κ2) is 6.32. The van der Waals surface area contributed by atoms with Gasteiger partial charge in [-0.1, -0.05) is 11.6 Å². The third kappa shape index (κ3) is 3.68. The molecule has 0 saturated carbocycles. The number of carbonyl (C=O) groups excluding carboxylic acids is 1. The zero-order valence-corrected chi connectivity index (χ0v) is 10.7. The molecule has 0 aliphatic rings. The largest absolute Gasteiger partial charge is 0.342 e. The molecule has 0 heterocycles. The maximum absolute atomic E-state index is 12.0. The average molecular weight is 272 g/mol. The first-order valence-corrected chi connectivity index (χ1v) is 5.74. The zero-order valence-electron chi connectivity index (χ0n) is 9.93. The van der Waals surface area contributed by atoms with Crippen molar-refractivity contribution in [3.8, 4) is 0 Å². The van der Waals surface area contributed by atoms with Crippen molar-refractivity contribution in [2.24, 2.45) is 5.73 Å². The van der Waals surface area contributed by atoms with Gasteiger partial charge in [0.2, 0.25) is 0 Å². The molecule has 0 aromatic heterocycles. The quantitative estimate of drug-likeness (QED) is 0.651. The fourth-order valence-corrected chi connectivity index (χ4v) is 1.68. The molecule has 2 N–H and O–H groups in total. The third-order valence-corrected chi connectivity index (χ3v) is 2.60. The Morgan fingerprint density at radius 1 is 1.50 bits per heavy atom. The Hall–Kier alpha value is -1.66. The SMILES string of the molecule is CN(CCCN)C(=O)c1cc(Cl)cc([N+](=O)[O-])c1. The maximum Gasteiger partial charge on any atom is 0.271 e. The molecule has 0 aliphatic heterocycles. The number of nitrogens with zero attached hydrogens (tertiary/aromatic N) is 2. The van der Waals surface area contributed by atoms with Gasteiger partial charge in [-0.15, -0.1) is 0 Å². The molecule has 0 saturated heterocycles. The summed E-state index contributed by atoms with van der Waals surface area (Å²) in [6, 6.07) is 3.83. The Kier molecular flexibility index (Phi) is 5.06. The Labute approximate surface area is 109 Å². The van der Waals surface area contributed by atoms with E-state index in [9.17, 15) is 14.9 Å². The number of amides is 1. The summed E-state index contributed by atoms with van der Waals surface area (Å²) in [7, 11) is 1.62. The van der Waals surface area contributed by atoms with Gasteiger partial charge in [0.1, 0.15) is 0 Å². The van der Waals surface area contributed by atoms with Crippen LogP contribution in [0.25, 0.3) is 0 Å². The van der Waals surface area contributed by atoms with Gasteiger partial charge >= 0.3 is 0 Å². The maximum atomic E-state index is 12.0. The molecule has 6 nitrogen and oxygen atoms in total. The van der Waals surface area contributed by atoms with Crippen LogP contribution in [0.1, 0.15) is 16.8 Å². The number of carbonyl (C=O) groups is 1. The van der Waals surface area contributed by atoms with E-state index in [-0.39, 0.29) is 22.2 Å². The van der Waals surface area contributed by atoms with Gasteiger partial charge in [-0.25, -0.2) is 0 Å². The van der Waals surface area contributed by atoms with E-state index in [0.717, 1.165) is 0 Å². The first-order valence-electron chi connectivity index (χ1n) is 5.36. The number of nitrogens with two attached hydrogens (primary N) is 1. The van der Waals surface area contributed by atoms with Crippen molar-refractivity contribution >= 4 is 23.2 Å². The molecule has 98 valence electrons. The van der Waals surface area contributed by atoms with Crippen molar-refractivity contribution in [2.45, 2.75) is 6.42 Å². The highest BCUT2D eigenvalue weighted by molar-refractivity contribution is 6.31. The van der Waals surface area contributed by atoms with E-state index in [4.69, 9.17) is 17.3 Å². The molecule has 7 heteroatoms. The van der Waals surface area contributed by atoms with E-state index in [1.807, 2.05) is 0 Å². The number of nitro groups is 1. The van der Waals surface area contributed by atoms with Crippen molar-refractivity contribution in [2.75, 3.05) is 20.1 Å². The van der Waals surface area contributed by atoms with Gasteiger partial charge < -0.3 is 10.6 Å². The van der Waals surface area contributed by atoms with E-state index in [1.54, 1.807) is 7.05 Å². The van der Waals surface area contributed by atoms with Crippen LogP contribution in [0.2, 0.25) is 5.02 Å². The number of nitro benzene ring substituents is 1. The summed E-state index contributed by atoms with van der Waals surface area (Å²) < 4.78 is 0. The van der Waals surface area contributed by atoms with Gasteiger partial charge in [-0.2, -0.15) is 0 Å². The lowest BCUT2D eigenvalue weighted by Crippen LogP contribution is -2.29. The second-order valence-corrected chi connectivity index (χ2v) is 4.26. The minimum absolute atomic E-state index is 0.166. The molecule has 0 bridgehead atoms. The summed E-state index contributed by atoms with van der Waals surface area (Å²) >= 11 is 5.75. The monoisotopic (exact) mass is 271 g/mol. The van der Waals surface area contributed by atoms with Gasteiger partial charge in [-0.05, 0) is 19.0 Å². The highest BCUT2D eigenvalue weighted by Crippen LogP contribution is 2.21. The van der Waals surface area contributed by atoms with Crippen molar-refractivity contribution in [1.29, 1.82) is 0 Å². The molecule has 1 amide bonds. The molecule has 0 unspecified atom stereocenters. The second-order valence-electron chi connectivity index (χ2n) is 3.82. The summed E-state index contributed by atoms with van der Waals surface area (Å²) in [4.78, 5) is 23.5. The van der Waals surface area contributed by atoms with E-state index >= 15 is 0 Å². The zero-order chi connectivity index (χ0) is 13.7. The Bertz CT molecular complexity index is 465. The molecule has 0 spiro atoms. The Morgan fingerprint density at radius 2 is 2.17 bits per heavy atom.